The zero-order valence-electron chi connectivity index (χ0n) is 20.2. The molecule has 5 aliphatic rings. The average molecular weight is 491 g/mol. The van der Waals surface area contributed by atoms with Gasteiger partial charge in [0, 0.05) is 44.7 Å². The largest absolute Gasteiger partial charge is 0.353 e. The van der Waals surface area contributed by atoms with Crippen LogP contribution in [0.5, 0.6) is 0 Å². The number of amides is 2. The predicted octanol–water partition coefficient (Wildman–Crippen LogP) is 4.03. The second-order valence-corrected chi connectivity index (χ2v) is 12.2. The van der Waals surface area contributed by atoms with Crippen molar-refractivity contribution in [3.8, 4) is 0 Å². The quantitative estimate of drug-likeness (QED) is 0.468. The van der Waals surface area contributed by atoms with Crippen molar-refractivity contribution in [1.82, 2.24) is 14.2 Å². The summed E-state index contributed by atoms with van der Waals surface area (Å²) in [7, 11) is 0. The monoisotopic (exact) mass is 490 g/mol. The predicted molar refractivity (Wildman–Crippen MR) is 138 cm³/mol. The van der Waals surface area contributed by atoms with E-state index in [1.807, 2.05) is 0 Å². The molecule has 4 fully saturated rings. The number of nitrogens with zero attached hydrogens (tertiary/aromatic N) is 4. The van der Waals surface area contributed by atoms with Gasteiger partial charge in [0.15, 0.2) is 0 Å². The maximum Gasteiger partial charge on any atom is 0.233 e. The minimum Gasteiger partial charge on any atom is -0.353 e. The Hall–Kier alpha value is -2.25. The summed E-state index contributed by atoms with van der Waals surface area (Å²) in [5, 5.41) is 1.27. The second-order valence-electron chi connectivity index (χ2n) is 11.4. The Morgan fingerprint density at radius 3 is 2.23 bits per heavy atom. The summed E-state index contributed by atoms with van der Waals surface area (Å²) in [5.41, 5.74) is 0. The van der Waals surface area contributed by atoms with Gasteiger partial charge in [-0.05, 0) is 79.4 Å². The number of piperazine rings is 1. The van der Waals surface area contributed by atoms with E-state index in [0.717, 1.165) is 70.6 Å². The molecule has 7 heteroatoms. The SMILES string of the molecule is O=C1C2C3CCC(C3)C2C(=O)N1CC1CC=CCC1CN1CCN(c2nsc3ccccc23)CC1. The molecular weight excluding hydrogens is 456 g/mol. The van der Waals surface area contributed by atoms with Crippen molar-refractivity contribution in [2.45, 2.75) is 32.1 Å². The summed E-state index contributed by atoms with van der Waals surface area (Å²) < 4.78 is 6.01. The highest BCUT2D eigenvalue weighted by Crippen LogP contribution is 2.56. The number of carbonyl (C=O) groups excluding carboxylic acids is 2. The standard InChI is InChI=1S/C28H34N4O2S/c33-27-24-18-9-10-19(15-18)25(24)28(34)32(27)17-21-6-2-1-5-20(21)16-30-11-13-31(14-12-30)26-22-7-3-4-8-23(22)35-29-26/h1-4,7-8,18-21,24-25H,5-6,9-17H2. The fraction of sp³-hybridized carbons (Fsp3) is 0.607. The third kappa shape index (κ3) is 3.65. The lowest BCUT2D eigenvalue weighted by molar-refractivity contribution is -0.141. The van der Waals surface area contributed by atoms with Crippen LogP contribution in [0.15, 0.2) is 36.4 Å². The van der Waals surface area contributed by atoms with Crippen molar-refractivity contribution < 1.29 is 9.59 Å². The van der Waals surface area contributed by atoms with Crippen LogP contribution in [-0.2, 0) is 9.59 Å². The number of anilines is 1. The van der Waals surface area contributed by atoms with E-state index in [1.54, 1.807) is 16.4 Å². The van der Waals surface area contributed by atoms with Crippen LogP contribution in [0.3, 0.4) is 0 Å². The average Bonchev–Trinajstić information content (AvgIpc) is 3.66. The number of aromatic nitrogens is 1. The molecule has 6 unspecified atom stereocenters. The van der Waals surface area contributed by atoms with Crippen LogP contribution in [0.2, 0.25) is 0 Å². The normalized spacial score (nSPS) is 35.0. The zero-order chi connectivity index (χ0) is 23.5. The van der Waals surface area contributed by atoms with Gasteiger partial charge in [-0.1, -0.05) is 24.3 Å². The molecule has 0 spiro atoms. The van der Waals surface area contributed by atoms with E-state index in [2.05, 4.69) is 46.2 Å². The van der Waals surface area contributed by atoms with Crippen molar-refractivity contribution in [2.24, 2.45) is 35.5 Å². The van der Waals surface area contributed by atoms with Gasteiger partial charge in [-0.25, -0.2) is 0 Å². The first-order chi connectivity index (χ1) is 17.2. The van der Waals surface area contributed by atoms with E-state index < -0.39 is 0 Å². The Kier molecular flexibility index (Phi) is 5.46. The van der Waals surface area contributed by atoms with Crippen LogP contribution < -0.4 is 4.90 Å². The molecule has 2 aromatic rings. The van der Waals surface area contributed by atoms with Crippen molar-refractivity contribution >= 4 is 39.3 Å². The first-order valence-electron chi connectivity index (χ1n) is 13.5. The molecule has 6 nitrogen and oxygen atoms in total. The van der Waals surface area contributed by atoms with Gasteiger partial charge < -0.3 is 4.90 Å². The molecule has 1 aromatic carbocycles. The third-order valence-corrected chi connectivity index (χ3v) is 10.5. The minimum absolute atomic E-state index is 0.00806. The minimum atomic E-state index is 0.00806. The van der Waals surface area contributed by atoms with Gasteiger partial charge in [-0.15, -0.1) is 0 Å². The maximum absolute atomic E-state index is 13.3. The Balaban J connectivity index is 0.991. The van der Waals surface area contributed by atoms with Gasteiger partial charge in [0.05, 0.1) is 16.5 Å². The summed E-state index contributed by atoms with van der Waals surface area (Å²) in [4.78, 5) is 33.2. The Bertz CT molecular complexity index is 1140. The van der Waals surface area contributed by atoms with Crippen LogP contribution in [0.25, 0.3) is 10.1 Å². The van der Waals surface area contributed by atoms with Crippen LogP contribution >= 0.6 is 11.5 Å². The molecular formula is C28H34N4O2S. The fourth-order valence-electron chi connectivity index (χ4n) is 7.83. The van der Waals surface area contributed by atoms with E-state index in [4.69, 9.17) is 4.37 Å². The topological polar surface area (TPSA) is 56.8 Å². The molecule has 1 aromatic heterocycles. The van der Waals surface area contributed by atoms with Gasteiger partial charge in [-0.3, -0.25) is 19.4 Å². The molecule has 35 heavy (non-hydrogen) atoms. The van der Waals surface area contributed by atoms with Crippen molar-refractivity contribution in [1.29, 1.82) is 0 Å². The third-order valence-electron chi connectivity index (χ3n) is 9.67. The first-order valence-corrected chi connectivity index (χ1v) is 14.3. The first kappa shape index (κ1) is 22.0. The van der Waals surface area contributed by atoms with E-state index in [1.165, 1.54) is 10.1 Å². The van der Waals surface area contributed by atoms with Crippen LogP contribution in [-0.4, -0.2) is 65.3 Å². The molecule has 3 aliphatic carbocycles. The van der Waals surface area contributed by atoms with Crippen LogP contribution in [0.4, 0.5) is 5.82 Å². The Labute approximate surface area is 211 Å². The number of benzene rings is 1. The zero-order valence-corrected chi connectivity index (χ0v) is 21.0. The molecule has 0 N–H and O–H groups in total. The number of hydrogen-bond donors (Lipinski definition) is 0. The lowest BCUT2D eigenvalue weighted by atomic mass is 9.81. The molecule has 2 bridgehead atoms. The number of likely N-dealkylation sites (tertiary alicyclic amines) is 1. The molecule has 6 atom stereocenters. The van der Waals surface area contributed by atoms with E-state index in [9.17, 15) is 9.59 Å². The highest BCUT2D eigenvalue weighted by Gasteiger charge is 2.61. The van der Waals surface area contributed by atoms with Gasteiger partial charge in [-0.2, -0.15) is 4.37 Å². The summed E-state index contributed by atoms with van der Waals surface area (Å²) in [6.07, 6.45) is 10.0. The highest BCUT2D eigenvalue weighted by atomic mass is 32.1. The van der Waals surface area contributed by atoms with Gasteiger partial charge in [0.1, 0.15) is 5.82 Å². The van der Waals surface area contributed by atoms with Crippen molar-refractivity contribution in [2.75, 3.05) is 44.2 Å². The molecule has 0 radical (unpaired) electrons. The number of rotatable bonds is 5. The number of carbonyl (C=O) groups is 2. The summed E-state index contributed by atoms with van der Waals surface area (Å²) in [6, 6.07) is 8.51. The van der Waals surface area contributed by atoms with Gasteiger partial charge in [0.25, 0.3) is 0 Å². The van der Waals surface area contributed by atoms with Crippen LogP contribution in [0, 0.1) is 35.5 Å². The highest BCUT2D eigenvalue weighted by molar-refractivity contribution is 7.13. The maximum atomic E-state index is 13.3. The summed E-state index contributed by atoms with van der Waals surface area (Å²) in [6.45, 7) is 5.74. The molecule has 2 saturated carbocycles. The van der Waals surface area contributed by atoms with Crippen molar-refractivity contribution in [3.63, 3.8) is 0 Å². The van der Waals surface area contributed by atoms with Crippen LogP contribution in [0.1, 0.15) is 32.1 Å². The smallest absolute Gasteiger partial charge is 0.233 e. The number of fused-ring (bicyclic) bond motifs is 6. The molecule has 7 rings (SSSR count). The Morgan fingerprint density at radius 1 is 0.857 bits per heavy atom. The Morgan fingerprint density at radius 2 is 1.51 bits per heavy atom. The van der Waals surface area contributed by atoms with E-state index >= 15 is 0 Å². The number of allylic oxidation sites excluding steroid dienone is 2. The number of hydrogen-bond acceptors (Lipinski definition) is 6. The molecule has 2 aliphatic heterocycles. The van der Waals surface area contributed by atoms with Crippen molar-refractivity contribution in [3.05, 3.63) is 36.4 Å². The fourth-order valence-corrected chi connectivity index (χ4v) is 8.63. The van der Waals surface area contributed by atoms with Gasteiger partial charge >= 0.3 is 0 Å². The van der Waals surface area contributed by atoms with Gasteiger partial charge in [0.2, 0.25) is 11.8 Å². The molecule has 3 heterocycles. The molecule has 2 saturated heterocycles. The lowest BCUT2D eigenvalue weighted by Gasteiger charge is -2.39. The summed E-state index contributed by atoms with van der Waals surface area (Å²) in [5.74, 6) is 3.29. The second kappa shape index (κ2) is 8.70. The van der Waals surface area contributed by atoms with E-state index in [0.29, 0.717) is 30.2 Å². The molecule has 2 amide bonds. The lowest BCUT2D eigenvalue weighted by Crippen LogP contribution is -2.49. The summed E-state index contributed by atoms with van der Waals surface area (Å²) >= 11 is 1.59. The number of imide groups is 1. The van der Waals surface area contributed by atoms with E-state index in [-0.39, 0.29) is 23.7 Å². The molecule has 184 valence electrons.